The fourth-order valence-electron chi connectivity index (χ4n) is 3.18. The van der Waals surface area contributed by atoms with Gasteiger partial charge in [0.25, 0.3) is 0 Å². The van der Waals surface area contributed by atoms with E-state index in [2.05, 4.69) is 10.6 Å². The number of carbonyl (C=O) groups excluding carboxylic acids is 2. The highest BCUT2D eigenvalue weighted by atomic mass is 35.5. The summed E-state index contributed by atoms with van der Waals surface area (Å²) in [5, 5.41) is 6.34. The zero-order chi connectivity index (χ0) is 22.8. The van der Waals surface area contributed by atoms with Gasteiger partial charge >= 0.3 is 6.03 Å². The number of ether oxygens (including phenoxy) is 1. The van der Waals surface area contributed by atoms with E-state index in [1.807, 2.05) is 42.5 Å². The lowest BCUT2D eigenvalue weighted by atomic mass is 10.1. The number of anilines is 2. The molecule has 0 aliphatic carbocycles. The molecule has 0 saturated carbocycles. The van der Waals surface area contributed by atoms with Gasteiger partial charge < -0.3 is 15.4 Å². The normalized spacial score (nSPS) is 10.3. The van der Waals surface area contributed by atoms with Crippen LogP contribution < -0.4 is 20.3 Å². The average Bonchev–Trinajstić information content (AvgIpc) is 2.80. The molecule has 3 amide bonds. The van der Waals surface area contributed by atoms with Crippen LogP contribution in [0, 0.1) is 0 Å². The number of methoxy groups -OCH3 is 1. The third-order valence-corrected chi connectivity index (χ3v) is 5.03. The van der Waals surface area contributed by atoms with E-state index in [9.17, 15) is 9.59 Å². The lowest BCUT2D eigenvalue weighted by molar-refractivity contribution is -0.120. The molecule has 0 saturated heterocycles. The first-order chi connectivity index (χ1) is 15.5. The van der Waals surface area contributed by atoms with Crippen molar-refractivity contribution in [1.82, 2.24) is 5.32 Å². The number of nitrogens with one attached hydrogen (secondary N) is 2. The van der Waals surface area contributed by atoms with Crippen molar-refractivity contribution >= 4 is 34.9 Å². The molecule has 3 rings (SSSR count). The van der Waals surface area contributed by atoms with E-state index in [0.29, 0.717) is 42.4 Å². The van der Waals surface area contributed by atoms with Gasteiger partial charge in [-0.05, 0) is 54.4 Å². The summed E-state index contributed by atoms with van der Waals surface area (Å²) in [5.74, 6) is 0.660. The summed E-state index contributed by atoms with van der Waals surface area (Å²) in [6, 6.07) is 23.5. The molecule has 0 aliphatic rings. The number of rotatable bonds is 9. The summed E-state index contributed by atoms with van der Waals surface area (Å²) < 4.78 is 5.21. The van der Waals surface area contributed by atoms with Crippen molar-refractivity contribution in [2.24, 2.45) is 0 Å². The quantitative estimate of drug-likeness (QED) is 0.443. The van der Waals surface area contributed by atoms with Crippen LogP contribution in [0.1, 0.15) is 12.0 Å². The molecular formula is C25H26ClN3O3. The van der Waals surface area contributed by atoms with E-state index in [1.54, 1.807) is 48.4 Å². The van der Waals surface area contributed by atoms with Crippen LogP contribution in [0.2, 0.25) is 5.02 Å². The molecule has 3 aromatic rings. The van der Waals surface area contributed by atoms with Crippen molar-refractivity contribution in [2.45, 2.75) is 12.8 Å². The molecule has 2 N–H and O–H groups in total. The van der Waals surface area contributed by atoms with Crippen molar-refractivity contribution in [2.75, 3.05) is 30.4 Å². The first-order valence-electron chi connectivity index (χ1n) is 10.3. The van der Waals surface area contributed by atoms with Gasteiger partial charge in [0.15, 0.2) is 0 Å². The van der Waals surface area contributed by atoms with E-state index in [0.717, 1.165) is 11.3 Å². The fourth-order valence-corrected chi connectivity index (χ4v) is 3.37. The number of benzene rings is 3. The van der Waals surface area contributed by atoms with Gasteiger partial charge in [-0.15, -0.1) is 0 Å². The van der Waals surface area contributed by atoms with Crippen LogP contribution in [0.5, 0.6) is 5.75 Å². The topological polar surface area (TPSA) is 70.7 Å². The van der Waals surface area contributed by atoms with Crippen molar-refractivity contribution in [1.29, 1.82) is 0 Å². The summed E-state index contributed by atoms with van der Waals surface area (Å²) in [6.45, 7) is 0.882. The number of nitrogens with zero attached hydrogens (tertiary/aromatic N) is 1. The molecule has 0 spiro atoms. The number of amides is 3. The van der Waals surface area contributed by atoms with Gasteiger partial charge in [0.05, 0.1) is 13.5 Å². The molecule has 6 nitrogen and oxygen atoms in total. The van der Waals surface area contributed by atoms with E-state index in [1.165, 1.54) is 0 Å². The second-order valence-corrected chi connectivity index (χ2v) is 7.59. The van der Waals surface area contributed by atoms with E-state index >= 15 is 0 Å². The monoisotopic (exact) mass is 451 g/mol. The van der Waals surface area contributed by atoms with Gasteiger partial charge in [-0.3, -0.25) is 9.69 Å². The first-order valence-corrected chi connectivity index (χ1v) is 10.7. The van der Waals surface area contributed by atoms with Crippen LogP contribution in [0.3, 0.4) is 0 Å². The SMILES string of the molecule is COc1ccc(N(CCCNC(=O)Cc2ccccc2)C(=O)Nc2cccc(Cl)c2)cc1. The molecule has 32 heavy (non-hydrogen) atoms. The van der Waals surface area contributed by atoms with Crippen LogP contribution in [0.15, 0.2) is 78.9 Å². The van der Waals surface area contributed by atoms with E-state index in [-0.39, 0.29) is 11.9 Å². The van der Waals surface area contributed by atoms with Crippen LogP contribution in [0.25, 0.3) is 0 Å². The Balaban J connectivity index is 1.60. The van der Waals surface area contributed by atoms with E-state index in [4.69, 9.17) is 16.3 Å². The lowest BCUT2D eigenvalue weighted by Gasteiger charge is -2.23. The Morgan fingerprint density at radius 3 is 2.41 bits per heavy atom. The van der Waals surface area contributed by atoms with Crippen LogP contribution in [0.4, 0.5) is 16.2 Å². The number of halogens is 1. The molecule has 0 aromatic heterocycles. The van der Waals surface area contributed by atoms with E-state index < -0.39 is 0 Å². The highest BCUT2D eigenvalue weighted by Gasteiger charge is 2.16. The Kier molecular flexibility index (Phi) is 8.52. The Hall–Kier alpha value is -3.51. The highest BCUT2D eigenvalue weighted by Crippen LogP contribution is 2.21. The Morgan fingerprint density at radius 1 is 0.969 bits per heavy atom. The molecule has 0 unspecified atom stereocenters. The molecule has 7 heteroatoms. The third-order valence-electron chi connectivity index (χ3n) is 4.79. The van der Waals surface area contributed by atoms with Crippen LogP contribution >= 0.6 is 11.6 Å². The molecular weight excluding hydrogens is 426 g/mol. The maximum atomic E-state index is 13.0. The predicted molar refractivity (Wildman–Crippen MR) is 129 cm³/mol. The summed E-state index contributed by atoms with van der Waals surface area (Å²) in [5.41, 5.74) is 2.30. The second kappa shape index (κ2) is 11.8. The first kappa shape index (κ1) is 23.2. The van der Waals surface area contributed by atoms with Gasteiger partial charge in [0.2, 0.25) is 5.91 Å². The summed E-state index contributed by atoms with van der Waals surface area (Å²) >= 11 is 6.03. The van der Waals surface area contributed by atoms with Crippen LogP contribution in [-0.4, -0.2) is 32.1 Å². The van der Waals surface area contributed by atoms with Crippen molar-refractivity contribution < 1.29 is 14.3 Å². The summed E-state index contributed by atoms with van der Waals surface area (Å²) in [4.78, 5) is 26.8. The van der Waals surface area contributed by atoms with Gasteiger partial charge in [-0.1, -0.05) is 48.0 Å². The highest BCUT2D eigenvalue weighted by molar-refractivity contribution is 6.30. The van der Waals surface area contributed by atoms with Crippen LogP contribution in [-0.2, 0) is 11.2 Å². The molecule has 0 bridgehead atoms. The van der Waals surface area contributed by atoms with Crippen molar-refractivity contribution in [3.05, 3.63) is 89.4 Å². The molecule has 0 heterocycles. The fraction of sp³-hybridized carbons (Fsp3) is 0.200. The minimum Gasteiger partial charge on any atom is -0.497 e. The molecule has 3 aromatic carbocycles. The zero-order valence-corrected chi connectivity index (χ0v) is 18.6. The number of hydrogen-bond acceptors (Lipinski definition) is 3. The molecule has 0 aliphatic heterocycles. The standard InChI is InChI=1S/C25H26ClN3O3/c1-32-23-13-11-22(12-14-23)29(25(31)28-21-10-5-9-20(26)18-21)16-6-15-27-24(30)17-19-7-3-2-4-8-19/h2-5,7-14,18H,6,15-17H2,1H3,(H,27,30)(H,28,31). The van der Waals surface area contributed by atoms with Gasteiger partial charge in [-0.25, -0.2) is 4.79 Å². The number of carbonyl (C=O) groups is 2. The molecule has 0 radical (unpaired) electrons. The van der Waals surface area contributed by atoms with Gasteiger partial charge in [0, 0.05) is 29.5 Å². The van der Waals surface area contributed by atoms with Crippen molar-refractivity contribution in [3.8, 4) is 5.75 Å². The Bertz CT molecular complexity index is 1030. The minimum atomic E-state index is -0.284. The van der Waals surface area contributed by atoms with Gasteiger partial charge in [-0.2, -0.15) is 0 Å². The molecule has 0 fully saturated rings. The predicted octanol–water partition coefficient (Wildman–Crippen LogP) is 5.14. The zero-order valence-electron chi connectivity index (χ0n) is 17.9. The number of hydrogen-bond donors (Lipinski definition) is 2. The number of urea groups is 1. The average molecular weight is 452 g/mol. The molecule has 0 atom stereocenters. The third kappa shape index (κ3) is 7.03. The smallest absolute Gasteiger partial charge is 0.326 e. The second-order valence-electron chi connectivity index (χ2n) is 7.16. The Labute approximate surface area is 193 Å². The van der Waals surface area contributed by atoms with Gasteiger partial charge in [0.1, 0.15) is 5.75 Å². The van der Waals surface area contributed by atoms with Crippen molar-refractivity contribution in [3.63, 3.8) is 0 Å². The maximum Gasteiger partial charge on any atom is 0.326 e. The minimum absolute atomic E-state index is 0.0458. The molecule has 166 valence electrons. The largest absolute Gasteiger partial charge is 0.497 e. The Morgan fingerprint density at radius 2 is 1.72 bits per heavy atom. The summed E-state index contributed by atoms with van der Waals surface area (Å²) in [7, 11) is 1.59. The summed E-state index contributed by atoms with van der Waals surface area (Å²) in [6.07, 6.45) is 0.924. The lowest BCUT2D eigenvalue weighted by Crippen LogP contribution is -2.37. The maximum absolute atomic E-state index is 13.0.